The zero-order valence-corrected chi connectivity index (χ0v) is 16.9. The largest absolute Gasteiger partial charge is 0.436 e. The lowest BCUT2D eigenvalue weighted by molar-refractivity contribution is 0.180. The smallest absolute Gasteiger partial charge is 0.224 e. The van der Waals surface area contributed by atoms with Gasteiger partial charge in [-0.25, -0.2) is 14.4 Å². The summed E-state index contributed by atoms with van der Waals surface area (Å²) in [6.07, 6.45) is 1.45. The fraction of sp³-hybridized carbons (Fsp3) is 0.273. The van der Waals surface area contributed by atoms with Gasteiger partial charge in [-0.2, -0.15) is 0 Å². The predicted octanol–water partition coefficient (Wildman–Crippen LogP) is 4.77. The molecule has 1 aliphatic rings. The van der Waals surface area contributed by atoms with Crippen LogP contribution in [0.2, 0.25) is 5.02 Å². The molecule has 1 unspecified atom stereocenters. The molecule has 1 aliphatic heterocycles. The molecule has 3 aromatic rings. The number of rotatable bonds is 5. The second-order valence-electron chi connectivity index (χ2n) is 7.14. The van der Waals surface area contributed by atoms with Gasteiger partial charge in [-0.05, 0) is 36.8 Å². The van der Waals surface area contributed by atoms with Crippen molar-refractivity contribution < 1.29 is 9.13 Å². The number of hydrogen-bond acceptors (Lipinski definition) is 5. The monoisotopic (exact) mass is 412 g/mol. The van der Waals surface area contributed by atoms with Gasteiger partial charge in [0.1, 0.15) is 12.1 Å². The predicted molar refractivity (Wildman–Crippen MR) is 112 cm³/mol. The van der Waals surface area contributed by atoms with Gasteiger partial charge in [0, 0.05) is 43.3 Å². The van der Waals surface area contributed by atoms with Crippen molar-refractivity contribution in [2.24, 2.45) is 0 Å². The third-order valence-corrected chi connectivity index (χ3v) is 5.32. The molecule has 0 bridgehead atoms. The number of piperazine rings is 1. The standard InChI is InChI=1S/C22H22ClFN4O/c1-16-13-28(11-10-27(16)14-17-6-8-18(23)9-7-17)21-12-22(26-15-25-21)29-20-5-3-2-4-19(20)24/h2-9,12,15-16H,10-11,13-14H2,1H3. The molecule has 1 fully saturated rings. The minimum Gasteiger partial charge on any atom is -0.436 e. The van der Waals surface area contributed by atoms with E-state index in [1.165, 1.54) is 18.0 Å². The maximum absolute atomic E-state index is 13.8. The van der Waals surface area contributed by atoms with Crippen LogP contribution in [-0.4, -0.2) is 40.5 Å². The number of benzene rings is 2. The Morgan fingerprint density at radius 2 is 1.90 bits per heavy atom. The molecule has 7 heteroatoms. The summed E-state index contributed by atoms with van der Waals surface area (Å²) in [6.45, 7) is 5.69. The van der Waals surface area contributed by atoms with E-state index < -0.39 is 5.82 Å². The van der Waals surface area contributed by atoms with Crippen LogP contribution in [0.1, 0.15) is 12.5 Å². The third-order valence-electron chi connectivity index (χ3n) is 5.07. The Balaban J connectivity index is 1.41. The molecule has 1 atom stereocenters. The molecule has 4 rings (SSSR count). The minimum atomic E-state index is -0.419. The Morgan fingerprint density at radius 3 is 2.66 bits per heavy atom. The third kappa shape index (κ3) is 4.83. The van der Waals surface area contributed by atoms with E-state index in [1.807, 2.05) is 12.1 Å². The quantitative estimate of drug-likeness (QED) is 0.603. The number of aromatic nitrogens is 2. The topological polar surface area (TPSA) is 41.5 Å². The van der Waals surface area contributed by atoms with Crippen LogP contribution in [0.4, 0.5) is 10.2 Å². The van der Waals surface area contributed by atoms with Gasteiger partial charge in [0.15, 0.2) is 11.6 Å². The van der Waals surface area contributed by atoms with Crippen molar-refractivity contribution in [3.05, 3.63) is 77.3 Å². The van der Waals surface area contributed by atoms with Gasteiger partial charge in [-0.1, -0.05) is 35.9 Å². The molecule has 0 radical (unpaired) electrons. The molecule has 0 N–H and O–H groups in total. The fourth-order valence-corrected chi connectivity index (χ4v) is 3.59. The Morgan fingerprint density at radius 1 is 1.10 bits per heavy atom. The number of ether oxygens (including phenoxy) is 1. The Hall–Kier alpha value is -2.70. The molecule has 150 valence electrons. The lowest BCUT2D eigenvalue weighted by Crippen LogP contribution is -2.51. The van der Waals surface area contributed by atoms with Crippen LogP contribution in [0, 0.1) is 5.82 Å². The zero-order chi connectivity index (χ0) is 20.2. The van der Waals surface area contributed by atoms with Crippen molar-refractivity contribution in [3.8, 4) is 11.6 Å². The summed E-state index contributed by atoms with van der Waals surface area (Å²) in [5.41, 5.74) is 1.25. The molecular weight excluding hydrogens is 391 g/mol. The molecule has 0 saturated carbocycles. The molecular formula is C22H22ClFN4O. The highest BCUT2D eigenvalue weighted by Gasteiger charge is 2.25. The average molecular weight is 413 g/mol. The van der Waals surface area contributed by atoms with Crippen LogP contribution in [-0.2, 0) is 6.54 Å². The highest BCUT2D eigenvalue weighted by Crippen LogP contribution is 2.26. The normalized spacial score (nSPS) is 17.3. The first kappa shape index (κ1) is 19.6. The number of para-hydroxylation sites is 1. The van der Waals surface area contributed by atoms with Gasteiger partial charge in [-0.15, -0.1) is 0 Å². The summed E-state index contributed by atoms with van der Waals surface area (Å²) in [4.78, 5) is 13.2. The van der Waals surface area contributed by atoms with Crippen LogP contribution in [0.3, 0.4) is 0 Å². The molecule has 5 nitrogen and oxygen atoms in total. The van der Waals surface area contributed by atoms with Gasteiger partial charge >= 0.3 is 0 Å². The van der Waals surface area contributed by atoms with Gasteiger partial charge in [0.25, 0.3) is 0 Å². The fourth-order valence-electron chi connectivity index (χ4n) is 3.46. The van der Waals surface area contributed by atoms with Crippen molar-refractivity contribution in [1.29, 1.82) is 0 Å². The van der Waals surface area contributed by atoms with Gasteiger partial charge in [-0.3, -0.25) is 4.90 Å². The van der Waals surface area contributed by atoms with Crippen LogP contribution in [0.5, 0.6) is 11.6 Å². The lowest BCUT2D eigenvalue weighted by Gasteiger charge is -2.40. The van der Waals surface area contributed by atoms with E-state index in [2.05, 4.69) is 38.8 Å². The van der Waals surface area contributed by atoms with Crippen LogP contribution in [0.15, 0.2) is 60.9 Å². The highest BCUT2D eigenvalue weighted by molar-refractivity contribution is 6.30. The second kappa shape index (κ2) is 8.76. The summed E-state index contributed by atoms with van der Waals surface area (Å²) >= 11 is 5.98. The van der Waals surface area contributed by atoms with Crippen molar-refractivity contribution in [2.75, 3.05) is 24.5 Å². The van der Waals surface area contributed by atoms with Crippen molar-refractivity contribution in [3.63, 3.8) is 0 Å². The van der Waals surface area contributed by atoms with Crippen molar-refractivity contribution in [2.45, 2.75) is 19.5 Å². The average Bonchev–Trinajstić information content (AvgIpc) is 2.73. The summed E-state index contributed by atoms with van der Waals surface area (Å²) in [5, 5.41) is 0.754. The molecule has 1 saturated heterocycles. The Bertz CT molecular complexity index is 969. The second-order valence-corrected chi connectivity index (χ2v) is 7.58. The SMILES string of the molecule is CC1CN(c2cc(Oc3ccccc3F)ncn2)CCN1Cc1ccc(Cl)cc1. The van der Waals surface area contributed by atoms with Gasteiger partial charge in [0.2, 0.25) is 5.88 Å². The van der Waals surface area contributed by atoms with E-state index in [0.717, 1.165) is 37.0 Å². The molecule has 0 aliphatic carbocycles. The summed E-state index contributed by atoms with van der Waals surface area (Å²) in [7, 11) is 0. The molecule has 2 aromatic carbocycles. The van der Waals surface area contributed by atoms with E-state index in [4.69, 9.17) is 16.3 Å². The van der Waals surface area contributed by atoms with Crippen LogP contribution in [0.25, 0.3) is 0 Å². The minimum absolute atomic E-state index is 0.151. The first-order chi connectivity index (χ1) is 14.1. The van der Waals surface area contributed by atoms with E-state index in [-0.39, 0.29) is 5.75 Å². The van der Waals surface area contributed by atoms with Gasteiger partial charge < -0.3 is 9.64 Å². The van der Waals surface area contributed by atoms with E-state index in [1.54, 1.807) is 24.3 Å². The highest BCUT2D eigenvalue weighted by atomic mass is 35.5. The van der Waals surface area contributed by atoms with E-state index >= 15 is 0 Å². The maximum Gasteiger partial charge on any atom is 0.224 e. The van der Waals surface area contributed by atoms with E-state index in [0.29, 0.717) is 11.9 Å². The van der Waals surface area contributed by atoms with Crippen molar-refractivity contribution in [1.82, 2.24) is 14.9 Å². The van der Waals surface area contributed by atoms with Crippen LogP contribution >= 0.6 is 11.6 Å². The number of nitrogens with zero attached hydrogens (tertiary/aromatic N) is 4. The number of hydrogen-bond donors (Lipinski definition) is 0. The first-order valence-electron chi connectivity index (χ1n) is 9.56. The summed E-state index contributed by atoms with van der Waals surface area (Å²) in [5.74, 6) is 0.844. The molecule has 1 aromatic heterocycles. The van der Waals surface area contributed by atoms with Crippen molar-refractivity contribution >= 4 is 17.4 Å². The Labute approximate surface area is 174 Å². The van der Waals surface area contributed by atoms with Gasteiger partial charge in [0.05, 0.1) is 0 Å². The summed E-state index contributed by atoms with van der Waals surface area (Å²) < 4.78 is 19.4. The zero-order valence-electron chi connectivity index (χ0n) is 16.1. The molecule has 2 heterocycles. The van der Waals surface area contributed by atoms with E-state index in [9.17, 15) is 4.39 Å². The molecule has 29 heavy (non-hydrogen) atoms. The first-order valence-corrected chi connectivity index (χ1v) is 9.94. The number of halogens is 2. The summed E-state index contributed by atoms with van der Waals surface area (Å²) in [6, 6.07) is 16.4. The Kier molecular flexibility index (Phi) is 5.92. The van der Waals surface area contributed by atoms with Crippen LogP contribution < -0.4 is 9.64 Å². The maximum atomic E-state index is 13.8. The number of anilines is 1. The molecule has 0 spiro atoms. The lowest BCUT2D eigenvalue weighted by atomic mass is 10.1. The molecule has 0 amide bonds.